The number of fused-ring (bicyclic) bond motifs is 1. The largest absolute Gasteiger partial charge is 0.465 e. The van der Waals surface area contributed by atoms with E-state index in [1.54, 1.807) is 30.3 Å². The first kappa shape index (κ1) is 35.1. The first-order valence-corrected chi connectivity index (χ1v) is 17.0. The van der Waals surface area contributed by atoms with E-state index in [0.29, 0.717) is 44.2 Å². The van der Waals surface area contributed by atoms with Gasteiger partial charge >= 0.3 is 5.97 Å². The number of anilines is 3. The van der Waals surface area contributed by atoms with Crippen molar-refractivity contribution in [3.63, 3.8) is 0 Å². The maximum absolute atomic E-state index is 14.0. The molecule has 1 atom stereocenters. The zero-order valence-electron chi connectivity index (χ0n) is 28.4. The van der Waals surface area contributed by atoms with Gasteiger partial charge in [-0.2, -0.15) is 5.26 Å². The van der Waals surface area contributed by atoms with Crippen molar-refractivity contribution >= 4 is 57.1 Å². The van der Waals surface area contributed by atoms with Crippen LogP contribution in [0.25, 0.3) is 10.9 Å². The van der Waals surface area contributed by atoms with E-state index in [4.69, 9.17) is 32.9 Å². The Morgan fingerprint density at radius 3 is 2.58 bits per heavy atom. The third-order valence-electron chi connectivity index (χ3n) is 9.21. The average Bonchev–Trinajstić information content (AvgIpc) is 3.59. The number of hydrogen-bond donors (Lipinski definition) is 1. The van der Waals surface area contributed by atoms with Gasteiger partial charge in [0.25, 0.3) is 0 Å². The molecule has 258 valence electrons. The van der Waals surface area contributed by atoms with Crippen LogP contribution in [0, 0.1) is 17.1 Å². The molecule has 0 aliphatic carbocycles. The third-order valence-corrected chi connectivity index (χ3v) is 9.72. The molecule has 0 bridgehead atoms. The van der Waals surface area contributed by atoms with Crippen molar-refractivity contribution in [2.45, 2.75) is 51.2 Å². The third kappa shape index (κ3) is 7.10. The number of piperidine rings is 1. The number of rotatable bonds is 8. The number of esters is 1. The standard InChI is InChI=1S/C37H37Cl2FN8O2/c1-37(2,3)47-13-11-27(12-14-47)48-21-31(44-45-48)35(22-7-6-8-23(15-22)36(49)50-5)46(4)32-17-25(38)16-28-33(24(19-41)20-42-34(28)32)43-26-9-10-30(40)29(39)18-26/h6-10,15-18,20-21,27,35H,11-14H2,1-5H3,(H,42,43)/t35-/m0/s1. The Balaban J connectivity index is 1.45. The van der Waals surface area contributed by atoms with Crippen molar-refractivity contribution in [1.29, 1.82) is 5.26 Å². The molecule has 1 aliphatic heterocycles. The molecule has 1 saturated heterocycles. The number of carbonyl (C=O) groups is 1. The fourth-order valence-corrected chi connectivity index (χ4v) is 6.93. The van der Waals surface area contributed by atoms with Crippen molar-refractivity contribution in [2.24, 2.45) is 0 Å². The van der Waals surface area contributed by atoms with Gasteiger partial charge in [0.1, 0.15) is 17.6 Å². The Morgan fingerprint density at radius 1 is 1.14 bits per heavy atom. The molecule has 0 radical (unpaired) electrons. The fourth-order valence-electron chi connectivity index (χ4n) is 6.54. The summed E-state index contributed by atoms with van der Waals surface area (Å²) in [7, 11) is 3.24. The average molecular weight is 716 g/mol. The number of likely N-dealkylation sites (tertiary alicyclic amines) is 1. The molecule has 0 unspecified atom stereocenters. The van der Waals surface area contributed by atoms with Crippen molar-refractivity contribution in [2.75, 3.05) is 37.5 Å². The number of aromatic nitrogens is 4. The van der Waals surface area contributed by atoms with Gasteiger partial charge in [-0.25, -0.2) is 13.9 Å². The van der Waals surface area contributed by atoms with Gasteiger partial charge in [0.2, 0.25) is 0 Å². The smallest absolute Gasteiger partial charge is 0.337 e. The number of benzene rings is 3. The zero-order chi connectivity index (χ0) is 35.7. The summed E-state index contributed by atoms with van der Waals surface area (Å²) >= 11 is 12.8. The number of halogens is 3. The number of nitrogens with one attached hydrogen (secondary N) is 1. The van der Waals surface area contributed by atoms with Crippen LogP contribution in [0.1, 0.15) is 72.9 Å². The van der Waals surface area contributed by atoms with Gasteiger partial charge in [-0.15, -0.1) is 5.10 Å². The van der Waals surface area contributed by atoms with Gasteiger partial charge in [-0.05, 0) is 81.6 Å². The Bertz CT molecular complexity index is 2100. The summed E-state index contributed by atoms with van der Waals surface area (Å²) in [5.74, 6) is -1.02. The number of ether oxygens (including phenoxy) is 1. The molecule has 3 aromatic carbocycles. The van der Waals surface area contributed by atoms with Gasteiger partial charge in [-0.1, -0.05) is 40.5 Å². The Hall–Kier alpha value is -4.76. The second kappa shape index (κ2) is 14.2. The molecule has 50 heavy (non-hydrogen) atoms. The Kier molecular flexibility index (Phi) is 9.98. The van der Waals surface area contributed by atoms with E-state index in [-0.39, 0.29) is 22.2 Å². The zero-order valence-corrected chi connectivity index (χ0v) is 29.9. The quantitative estimate of drug-likeness (QED) is 0.159. The highest BCUT2D eigenvalue weighted by Crippen LogP contribution is 2.41. The van der Waals surface area contributed by atoms with Crippen molar-refractivity contribution in [1.82, 2.24) is 24.9 Å². The van der Waals surface area contributed by atoms with Crippen LogP contribution in [-0.2, 0) is 4.74 Å². The second-order valence-corrected chi connectivity index (χ2v) is 14.2. The SMILES string of the molecule is COC(=O)c1cccc([C@@H](c2cn(C3CCN(C(C)(C)C)CC3)nn2)N(C)c2cc(Cl)cc3c(Nc4ccc(F)c(Cl)c4)c(C#N)cnc23)c1. The summed E-state index contributed by atoms with van der Waals surface area (Å²) in [6.07, 6.45) is 5.34. The van der Waals surface area contributed by atoms with Gasteiger partial charge in [0.05, 0.1) is 58.4 Å². The summed E-state index contributed by atoms with van der Waals surface area (Å²) in [5.41, 5.74) is 4.28. The minimum atomic E-state index is -0.557. The van der Waals surface area contributed by atoms with Gasteiger partial charge in [-0.3, -0.25) is 9.88 Å². The van der Waals surface area contributed by atoms with Crippen molar-refractivity contribution in [3.8, 4) is 6.07 Å². The van der Waals surface area contributed by atoms with Crippen molar-refractivity contribution < 1.29 is 13.9 Å². The number of nitrogens with zero attached hydrogens (tertiary/aromatic N) is 7. The molecule has 1 aliphatic rings. The fraction of sp³-hybridized carbons (Fsp3) is 0.324. The molecule has 2 aromatic heterocycles. The lowest BCUT2D eigenvalue weighted by atomic mass is 9.97. The number of pyridine rings is 1. The summed E-state index contributed by atoms with van der Waals surface area (Å²) in [6, 6.07) is 16.8. The molecule has 1 fully saturated rings. The monoisotopic (exact) mass is 714 g/mol. The van der Waals surface area contributed by atoms with E-state index in [9.17, 15) is 14.4 Å². The number of nitriles is 1. The van der Waals surface area contributed by atoms with Crippen LogP contribution >= 0.6 is 23.2 Å². The van der Waals surface area contributed by atoms with E-state index >= 15 is 0 Å². The van der Waals surface area contributed by atoms with E-state index in [0.717, 1.165) is 31.5 Å². The van der Waals surface area contributed by atoms with Gasteiger partial charge < -0.3 is 15.0 Å². The maximum atomic E-state index is 14.0. The molecular formula is C37H37Cl2FN8O2. The van der Waals surface area contributed by atoms with Gasteiger partial charge in [0, 0.05) is 48.0 Å². The molecule has 0 saturated carbocycles. The predicted molar refractivity (Wildman–Crippen MR) is 194 cm³/mol. The van der Waals surface area contributed by atoms with Gasteiger partial charge in [0.15, 0.2) is 0 Å². The highest BCUT2D eigenvalue weighted by Gasteiger charge is 2.31. The first-order chi connectivity index (χ1) is 23.9. The first-order valence-electron chi connectivity index (χ1n) is 16.2. The molecule has 10 nitrogen and oxygen atoms in total. The summed E-state index contributed by atoms with van der Waals surface area (Å²) < 4.78 is 20.9. The molecular weight excluding hydrogens is 678 g/mol. The Labute approximate surface area is 300 Å². The highest BCUT2D eigenvalue weighted by molar-refractivity contribution is 6.32. The normalized spacial score (nSPS) is 14.7. The summed E-state index contributed by atoms with van der Waals surface area (Å²) in [6.45, 7) is 8.61. The molecule has 5 aromatic rings. The van der Waals surface area contributed by atoms with E-state index in [1.165, 1.54) is 31.5 Å². The topological polar surface area (TPSA) is 112 Å². The molecule has 0 spiro atoms. The van der Waals surface area contributed by atoms with E-state index in [2.05, 4.69) is 47.4 Å². The molecule has 13 heteroatoms. The molecule has 1 N–H and O–H groups in total. The van der Waals surface area contributed by atoms with Crippen LogP contribution in [0.4, 0.5) is 21.5 Å². The van der Waals surface area contributed by atoms with Crippen LogP contribution in [0.15, 0.2) is 67.0 Å². The molecule has 6 rings (SSSR count). The van der Waals surface area contributed by atoms with Crippen LogP contribution in [-0.4, -0.2) is 63.6 Å². The maximum Gasteiger partial charge on any atom is 0.337 e. The number of hydrogen-bond acceptors (Lipinski definition) is 9. The predicted octanol–water partition coefficient (Wildman–Crippen LogP) is 8.34. The number of carbonyl (C=O) groups excluding carboxylic acids is 1. The van der Waals surface area contributed by atoms with Crippen LogP contribution < -0.4 is 10.2 Å². The summed E-state index contributed by atoms with van der Waals surface area (Å²) in [5, 5.41) is 23.4. The van der Waals surface area contributed by atoms with Crippen LogP contribution in [0.3, 0.4) is 0 Å². The second-order valence-electron chi connectivity index (χ2n) is 13.4. The lowest BCUT2D eigenvalue weighted by molar-refractivity contribution is 0.0600. The highest BCUT2D eigenvalue weighted by atomic mass is 35.5. The van der Waals surface area contributed by atoms with E-state index < -0.39 is 17.8 Å². The molecule has 3 heterocycles. The minimum absolute atomic E-state index is 0.0600. The van der Waals surface area contributed by atoms with Crippen molar-refractivity contribution in [3.05, 3.63) is 105 Å². The van der Waals surface area contributed by atoms with E-state index in [1.807, 2.05) is 28.9 Å². The Morgan fingerprint density at radius 2 is 1.90 bits per heavy atom. The summed E-state index contributed by atoms with van der Waals surface area (Å²) in [4.78, 5) is 21.8. The lowest BCUT2D eigenvalue weighted by Crippen LogP contribution is -2.46. The minimum Gasteiger partial charge on any atom is -0.465 e. The lowest BCUT2D eigenvalue weighted by Gasteiger charge is -2.40. The van der Waals surface area contributed by atoms with Crippen LogP contribution in [0.5, 0.6) is 0 Å². The number of methoxy groups -OCH3 is 1. The molecule has 0 amide bonds. The van der Waals surface area contributed by atoms with Crippen LogP contribution in [0.2, 0.25) is 10.0 Å².